The van der Waals surface area contributed by atoms with E-state index in [1.807, 2.05) is 0 Å². The minimum absolute atomic E-state index is 0.260. The molecule has 0 atom stereocenters. The highest BCUT2D eigenvalue weighted by molar-refractivity contribution is 7.13. The second-order valence-electron chi connectivity index (χ2n) is 4.70. The maximum Gasteiger partial charge on any atom is 0.349 e. The third-order valence-corrected chi connectivity index (χ3v) is 4.08. The second-order valence-corrected chi connectivity index (χ2v) is 5.78. The Balaban J connectivity index is 1.98. The van der Waals surface area contributed by atoms with Crippen LogP contribution in [0.15, 0.2) is 0 Å². The first kappa shape index (κ1) is 13.5. The van der Waals surface area contributed by atoms with Crippen LogP contribution in [0.4, 0.5) is 0 Å². The van der Waals surface area contributed by atoms with Crippen LogP contribution in [0.2, 0.25) is 0 Å². The molecule has 0 aromatic carbocycles. The predicted octanol–water partition coefficient (Wildman–Crippen LogP) is 2.38. The topological polar surface area (TPSA) is 51.2 Å². The van der Waals surface area contributed by atoms with Crippen molar-refractivity contribution in [3.8, 4) is 0 Å². The second kappa shape index (κ2) is 6.29. The van der Waals surface area contributed by atoms with E-state index in [4.69, 9.17) is 4.74 Å². The maximum atomic E-state index is 11.6. The molecule has 1 heterocycles. The fraction of sp³-hybridized carbons (Fsp3) is 0.692. The SMILES string of the molecule is CCCc1nc(CNCC2CC2)sc1C(=O)OC. The number of hydrogen-bond donors (Lipinski definition) is 1. The quantitative estimate of drug-likeness (QED) is 0.771. The third kappa shape index (κ3) is 3.53. The lowest BCUT2D eigenvalue weighted by atomic mass is 10.2. The zero-order valence-corrected chi connectivity index (χ0v) is 11.8. The van der Waals surface area contributed by atoms with E-state index in [-0.39, 0.29) is 5.97 Å². The molecule has 5 heteroatoms. The van der Waals surface area contributed by atoms with E-state index in [1.54, 1.807) is 0 Å². The minimum Gasteiger partial charge on any atom is -0.465 e. The van der Waals surface area contributed by atoms with Crippen molar-refractivity contribution >= 4 is 17.3 Å². The van der Waals surface area contributed by atoms with Gasteiger partial charge in [-0.05, 0) is 31.7 Å². The average molecular weight is 268 g/mol. The van der Waals surface area contributed by atoms with Gasteiger partial charge in [-0.25, -0.2) is 9.78 Å². The van der Waals surface area contributed by atoms with Crippen molar-refractivity contribution in [1.82, 2.24) is 10.3 Å². The van der Waals surface area contributed by atoms with Gasteiger partial charge in [0.25, 0.3) is 0 Å². The highest BCUT2D eigenvalue weighted by Gasteiger charge is 2.21. The predicted molar refractivity (Wildman–Crippen MR) is 71.9 cm³/mol. The number of aryl methyl sites for hydroxylation is 1. The van der Waals surface area contributed by atoms with Gasteiger partial charge >= 0.3 is 5.97 Å². The van der Waals surface area contributed by atoms with Gasteiger partial charge in [0, 0.05) is 6.54 Å². The van der Waals surface area contributed by atoms with Crippen LogP contribution in [0.3, 0.4) is 0 Å². The Labute approximate surface area is 112 Å². The first-order valence-corrected chi connectivity index (χ1v) is 7.33. The van der Waals surface area contributed by atoms with Crippen molar-refractivity contribution in [2.75, 3.05) is 13.7 Å². The summed E-state index contributed by atoms with van der Waals surface area (Å²) in [4.78, 5) is 16.9. The van der Waals surface area contributed by atoms with E-state index in [0.29, 0.717) is 4.88 Å². The summed E-state index contributed by atoms with van der Waals surface area (Å²) in [7, 11) is 1.42. The molecule has 1 aromatic rings. The van der Waals surface area contributed by atoms with E-state index >= 15 is 0 Å². The van der Waals surface area contributed by atoms with Gasteiger partial charge < -0.3 is 10.1 Å². The van der Waals surface area contributed by atoms with Crippen LogP contribution in [0.1, 0.15) is 46.6 Å². The molecule has 0 saturated heterocycles. The van der Waals surface area contributed by atoms with Gasteiger partial charge in [0.2, 0.25) is 0 Å². The molecule has 0 amide bonds. The van der Waals surface area contributed by atoms with Crippen LogP contribution in [-0.2, 0) is 17.7 Å². The first-order chi connectivity index (χ1) is 8.74. The Bertz CT molecular complexity index is 413. The van der Waals surface area contributed by atoms with Crippen LogP contribution >= 0.6 is 11.3 Å². The van der Waals surface area contributed by atoms with Gasteiger partial charge in [-0.15, -0.1) is 11.3 Å². The summed E-state index contributed by atoms with van der Waals surface area (Å²) in [6, 6.07) is 0. The molecule has 0 unspecified atom stereocenters. The van der Waals surface area contributed by atoms with Crippen molar-refractivity contribution in [2.24, 2.45) is 5.92 Å². The van der Waals surface area contributed by atoms with Crippen molar-refractivity contribution in [2.45, 2.75) is 39.2 Å². The molecule has 18 heavy (non-hydrogen) atoms. The monoisotopic (exact) mass is 268 g/mol. The molecule has 1 fully saturated rings. The Morgan fingerprint density at radius 3 is 2.94 bits per heavy atom. The largest absolute Gasteiger partial charge is 0.465 e. The highest BCUT2D eigenvalue weighted by Crippen LogP contribution is 2.28. The number of ether oxygens (including phenoxy) is 1. The molecule has 1 aromatic heterocycles. The number of hydrogen-bond acceptors (Lipinski definition) is 5. The lowest BCUT2D eigenvalue weighted by Crippen LogP contribution is -2.15. The minimum atomic E-state index is -0.260. The first-order valence-electron chi connectivity index (χ1n) is 6.52. The number of nitrogens with one attached hydrogen (secondary N) is 1. The van der Waals surface area contributed by atoms with Gasteiger partial charge in [0.05, 0.1) is 12.8 Å². The number of nitrogens with zero attached hydrogens (tertiary/aromatic N) is 1. The van der Waals surface area contributed by atoms with Gasteiger partial charge in [-0.3, -0.25) is 0 Å². The number of thiazole rings is 1. The number of aromatic nitrogens is 1. The van der Waals surface area contributed by atoms with Crippen LogP contribution in [-0.4, -0.2) is 24.6 Å². The molecule has 100 valence electrons. The standard InChI is InChI=1S/C13H20N2O2S/c1-3-4-10-12(13(16)17-2)18-11(15-10)8-14-7-9-5-6-9/h9,14H,3-8H2,1-2H3. The molecular formula is C13H20N2O2S. The molecule has 0 bridgehead atoms. The van der Waals surface area contributed by atoms with E-state index in [9.17, 15) is 4.79 Å². The van der Waals surface area contributed by atoms with E-state index in [2.05, 4.69) is 17.2 Å². The summed E-state index contributed by atoms with van der Waals surface area (Å²) in [5, 5.41) is 4.38. The maximum absolute atomic E-state index is 11.6. The number of methoxy groups -OCH3 is 1. The summed E-state index contributed by atoms with van der Waals surface area (Å²) >= 11 is 1.46. The van der Waals surface area contributed by atoms with Crippen molar-refractivity contribution in [3.63, 3.8) is 0 Å². The number of esters is 1. The van der Waals surface area contributed by atoms with Gasteiger partial charge in [-0.1, -0.05) is 13.3 Å². The third-order valence-electron chi connectivity index (χ3n) is 3.01. The zero-order valence-electron chi connectivity index (χ0n) is 11.0. The van der Waals surface area contributed by atoms with E-state index in [1.165, 1.54) is 31.3 Å². The molecule has 0 spiro atoms. The summed E-state index contributed by atoms with van der Waals surface area (Å²) in [6.07, 6.45) is 4.52. The number of carbonyl (C=O) groups excluding carboxylic acids is 1. The summed E-state index contributed by atoms with van der Waals surface area (Å²) in [6.45, 7) is 3.91. The summed E-state index contributed by atoms with van der Waals surface area (Å²) < 4.78 is 4.80. The van der Waals surface area contributed by atoms with Gasteiger partial charge in [0.15, 0.2) is 0 Å². The summed E-state index contributed by atoms with van der Waals surface area (Å²) in [5.74, 6) is 0.601. The molecule has 0 aliphatic heterocycles. The fourth-order valence-corrected chi connectivity index (χ4v) is 2.84. The Morgan fingerprint density at radius 1 is 1.56 bits per heavy atom. The normalized spacial score (nSPS) is 14.8. The lowest BCUT2D eigenvalue weighted by Gasteiger charge is -1.98. The van der Waals surface area contributed by atoms with Gasteiger partial charge in [-0.2, -0.15) is 0 Å². The molecular weight excluding hydrogens is 248 g/mol. The average Bonchev–Trinajstić information content (AvgIpc) is 3.10. The van der Waals surface area contributed by atoms with E-state index < -0.39 is 0 Å². The van der Waals surface area contributed by atoms with Gasteiger partial charge in [0.1, 0.15) is 9.88 Å². The zero-order chi connectivity index (χ0) is 13.0. The number of rotatable bonds is 7. The van der Waals surface area contributed by atoms with Crippen LogP contribution in [0, 0.1) is 5.92 Å². The molecule has 4 nitrogen and oxygen atoms in total. The van der Waals surface area contributed by atoms with Crippen LogP contribution < -0.4 is 5.32 Å². The molecule has 1 aliphatic carbocycles. The van der Waals surface area contributed by atoms with Crippen molar-refractivity contribution < 1.29 is 9.53 Å². The lowest BCUT2D eigenvalue weighted by molar-refractivity contribution is 0.0605. The number of carbonyl (C=O) groups is 1. The van der Waals surface area contributed by atoms with Crippen LogP contribution in [0.5, 0.6) is 0 Å². The van der Waals surface area contributed by atoms with Crippen molar-refractivity contribution in [3.05, 3.63) is 15.6 Å². The molecule has 0 radical (unpaired) electrons. The highest BCUT2D eigenvalue weighted by atomic mass is 32.1. The molecule has 1 N–H and O–H groups in total. The van der Waals surface area contributed by atoms with E-state index in [0.717, 1.165) is 42.6 Å². The molecule has 1 saturated carbocycles. The van der Waals surface area contributed by atoms with Crippen molar-refractivity contribution in [1.29, 1.82) is 0 Å². The summed E-state index contributed by atoms with van der Waals surface area (Å²) in [5.41, 5.74) is 0.887. The molecule has 1 aliphatic rings. The Morgan fingerprint density at radius 2 is 2.33 bits per heavy atom. The molecule has 2 rings (SSSR count). The smallest absolute Gasteiger partial charge is 0.349 e. The van der Waals surface area contributed by atoms with Crippen LogP contribution in [0.25, 0.3) is 0 Å². The Hall–Kier alpha value is -0.940. The fourth-order valence-electron chi connectivity index (χ4n) is 1.84. The Kier molecular flexibility index (Phi) is 4.72.